The third-order valence-corrected chi connectivity index (χ3v) is 3.04. The van der Waals surface area contributed by atoms with Crippen LogP contribution in [0, 0.1) is 0 Å². The fourth-order valence-corrected chi connectivity index (χ4v) is 2.13. The van der Waals surface area contributed by atoms with E-state index in [0.29, 0.717) is 6.61 Å². The molecule has 0 aliphatic heterocycles. The summed E-state index contributed by atoms with van der Waals surface area (Å²) in [4.78, 5) is 4.03. The van der Waals surface area contributed by atoms with Crippen molar-refractivity contribution in [2.24, 2.45) is 0 Å². The SMILES string of the molecule is CCn1nc(COc2cccnc2)c2ccccc21. The Balaban J connectivity index is 1.89. The highest BCUT2D eigenvalue weighted by Gasteiger charge is 2.09. The van der Waals surface area contributed by atoms with Gasteiger partial charge in [-0.1, -0.05) is 18.2 Å². The number of para-hydroxylation sites is 1. The molecule has 2 heterocycles. The van der Waals surface area contributed by atoms with Crippen LogP contribution in [0.15, 0.2) is 48.8 Å². The summed E-state index contributed by atoms with van der Waals surface area (Å²) >= 11 is 0. The van der Waals surface area contributed by atoms with Crippen molar-refractivity contribution < 1.29 is 4.74 Å². The summed E-state index contributed by atoms with van der Waals surface area (Å²) in [7, 11) is 0. The molecule has 4 nitrogen and oxygen atoms in total. The number of hydrogen-bond acceptors (Lipinski definition) is 3. The van der Waals surface area contributed by atoms with Gasteiger partial charge in [-0.2, -0.15) is 5.10 Å². The standard InChI is InChI=1S/C15H15N3O/c1-2-18-15-8-4-3-7-13(15)14(17-18)11-19-12-6-5-9-16-10-12/h3-10H,2,11H2,1H3. The van der Waals surface area contributed by atoms with E-state index in [1.165, 1.54) is 0 Å². The number of aryl methyl sites for hydroxylation is 1. The van der Waals surface area contributed by atoms with Gasteiger partial charge >= 0.3 is 0 Å². The Morgan fingerprint density at radius 1 is 1.16 bits per heavy atom. The molecule has 2 aromatic heterocycles. The first kappa shape index (κ1) is 11.7. The fourth-order valence-electron chi connectivity index (χ4n) is 2.13. The molecular formula is C15H15N3O. The molecule has 0 amide bonds. The van der Waals surface area contributed by atoms with Crippen LogP contribution in [0.1, 0.15) is 12.6 Å². The van der Waals surface area contributed by atoms with Gasteiger partial charge in [-0.15, -0.1) is 0 Å². The molecule has 0 aliphatic carbocycles. The average Bonchev–Trinajstić information content (AvgIpc) is 2.84. The smallest absolute Gasteiger partial charge is 0.138 e. The Morgan fingerprint density at radius 3 is 2.84 bits per heavy atom. The number of fused-ring (bicyclic) bond motifs is 1. The molecule has 3 aromatic rings. The van der Waals surface area contributed by atoms with Crippen LogP contribution in [0.25, 0.3) is 10.9 Å². The molecule has 1 aromatic carbocycles. The van der Waals surface area contributed by atoms with Gasteiger partial charge in [-0.3, -0.25) is 9.67 Å². The Labute approximate surface area is 111 Å². The highest BCUT2D eigenvalue weighted by atomic mass is 16.5. The molecule has 96 valence electrons. The van der Waals surface area contributed by atoms with Gasteiger partial charge in [-0.25, -0.2) is 0 Å². The first-order valence-corrected chi connectivity index (χ1v) is 6.35. The predicted molar refractivity (Wildman–Crippen MR) is 74.0 cm³/mol. The van der Waals surface area contributed by atoms with Crippen molar-refractivity contribution >= 4 is 10.9 Å². The summed E-state index contributed by atoms with van der Waals surface area (Å²) in [6.45, 7) is 3.40. The van der Waals surface area contributed by atoms with Gasteiger partial charge in [0.2, 0.25) is 0 Å². The maximum Gasteiger partial charge on any atom is 0.138 e. The average molecular weight is 253 g/mol. The summed E-state index contributed by atoms with van der Waals surface area (Å²) in [5.41, 5.74) is 2.11. The number of hydrogen-bond donors (Lipinski definition) is 0. The van der Waals surface area contributed by atoms with E-state index in [1.54, 1.807) is 12.4 Å². The minimum atomic E-state index is 0.458. The second-order valence-electron chi connectivity index (χ2n) is 4.26. The highest BCUT2D eigenvalue weighted by Crippen LogP contribution is 2.20. The van der Waals surface area contributed by atoms with Gasteiger partial charge < -0.3 is 4.74 Å². The van der Waals surface area contributed by atoms with Crippen LogP contribution in [0.4, 0.5) is 0 Å². The second-order valence-corrected chi connectivity index (χ2v) is 4.26. The van der Waals surface area contributed by atoms with Gasteiger partial charge in [0.05, 0.1) is 11.7 Å². The first-order valence-electron chi connectivity index (χ1n) is 6.35. The lowest BCUT2D eigenvalue weighted by molar-refractivity contribution is 0.299. The molecule has 0 saturated carbocycles. The van der Waals surface area contributed by atoms with Gasteiger partial charge in [0.25, 0.3) is 0 Å². The Morgan fingerprint density at radius 2 is 2.05 bits per heavy atom. The number of benzene rings is 1. The lowest BCUT2D eigenvalue weighted by Gasteiger charge is -2.03. The van der Waals surface area contributed by atoms with Crippen molar-refractivity contribution in [2.45, 2.75) is 20.1 Å². The summed E-state index contributed by atoms with van der Waals surface area (Å²) < 4.78 is 7.72. The van der Waals surface area contributed by atoms with E-state index in [1.807, 2.05) is 28.9 Å². The molecule has 4 heteroatoms. The van der Waals surface area contributed by atoms with Gasteiger partial charge in [-0.05, 0) is 25.1 Å². The molecular weight excluding hydrogens is 238 g/mol. The lowest BCUT2D eigenvalue weighted by Crippen LogP contribution is -2.00. The van der Waals surface area contributed by atoms with E-state index < -0.39 is 0 Å². The van der Waals surface area contributed by atoms with Crippen LogP contribution < -0.4 is 4.74 Å². The molecule has 0 bridgehead atoms. The fraction of sp³-hybridized carbons (Fsp3) is 0.200. The quantitative estimate of drug-likeness (QED) is 0.717. The van der Waals surface area contributed by atoms with Crippen LogP contribution >= 0.6 is 0 Å². The van der Waals surface area contributed by atoms with Crippen molar-refractivity contribution in [3.05, 3.63) is 54.5 Å². The van der Waals surface area contributed by atoms with E-state index >= 15 is 0 Å². The first-order chi connectivity index (χ1) is 9.38. The Bertz CT molecular complexity index is 676. The zero-order valence-corrected chi connectivity index (χ0v) is 10.8. The molecule has 3 rings (SSSR count). The monoisotopic (exact) mass is 253 g/mol. The van der Waals surface area contributed by atoms with Crippen LogP contribution in [0.3, 0.4) is 0 Å². The lowest BCUT2D eigenvalue weighted by atomic mass is 10.2. The number of pyridine rings is 1. The molecule has 0 fully saturated rings. The van der Waals surface area contributed by atoms with Crippen molar-refractivity contribution in [3.8, 4) is 5.75 Å². The molecule has 0 spiro atoms. The van der Waals surface area contributed by atoms with Gasteiger partial charge in [0.15, 0.2) is 0 Å². The molecule has 0 radical (unpaired) electrons. The third kappa shape index (κ3) is 2.29. The van der Waals surface area contributed by atoms with Crippen LogP contribution in [-0.4, -0.2) is 14.8 Å². The van der Waals surface area contributed by atoms with Crippen molar-refractivity contribution in [1.82, 2.24) is 14.8 Å². The van der Waals surface area contributed by atoms with Crippen molar-refractivity contribution in [2.75, 3.05) is 0 Å². The third-order valence-electron chi connectivity index (χ3n) is 3.04. The largest absolute Gasteiger partial charge is 0.486 e. The summed E-state index contributed by atoms with van der Waals surface area (Å²) in [6, 6.07) is 12.0. The maximum atomic E-state index is 5.72. The van der Waals surface area contributed by atoms with Gasteiger partial charge in [0.1, 0.15) is 18.1 Å². The van der Waals surface area contributed by atoms with Crippen LogP contribution in [-0.2, 0) is 13.2 Å². The minimum absolute atomic E-state index is 0.458. The molecule has 0 aliphatic rings. The van der Waals surface area contributed by atoms with E-state index in [4.69, 9.17) is 4.74 Å². The number of rotatable bonds is 4. The minimum Gasteiger partial charge on any atom is -0.486 e. The Kier molecular flexibility index (Phi) is 3.14. The molecule has 0 unspecified atom stereocenters. The zero-order chi connectivity index (χ0) is 13.1. The van der Waals surface area contributed by atoms with E-state index in [9.17, 15) is 0 Å². The summed E-state index contributed by atoms with van der Waals surface area (Å²) in [6.07, 6.45) is 3.44. The van der Waals surface area contributed by atoms with Crippen LogP contribution in [0.5, 0.6) is 5.75 Å². The number of ether oxygens (including phenoxy) is 1. The summed E-state index contributed by atoms with van der Waals surface area (Å²) in [5.74, 6) is 0.762. The van der Waals surface area contributed by atoms with Gasteiger partial charge in [0, 0.05) is 18.1 Å². The van der Waals surface area contributed by atoms with Crippen molar-refractivity contribution in [1.29, 1.82) is 0 Å². The molecule has 0 saturated heterocycles. The topological polar surface area (TPSA) is 39.9 Å². The molecule has 0 N–H and O–H groups in total. The van der Waals surface area contributed by atoms with E-state index in [0.717, 1.165) is 28.9 Å². The number of aromatic nitrogens is 3. The number of nitrogens with zero attached hydrogens (tertiary/aromatic N) is 3. The second kappa shape index (κ2) is 5.10. The molecule has 0 atom stereocenters. The van der Waals surface area contributed by atoms with Crippen LogP contribution in [0.2, 0.25) is 0 Å². The molecule has 19 heavy (non-hydrogen) atoms. The zero-order valence-electron chi connectivity index (χ0n) is 10.8. The van der Waals surface area contributed by atoms with E-state index in [-0.39, 0.29) is 0 Å². The highest BCUT2D eigenvalue weighted by molar-refractivity contribution is 5.81. The normalized spacial score (nSPS) is 10.8. The Hall–Kier alpha value is -2.36. The summed E-state index contributed by atoms with van der Waals surface area (Å²) in [5, 5.41) is 5.74. The van der Waals surface area contributed by atoms with Crippen molar-refractivity contribution in [3.63, 3.8) is 0 Å². The maximum absolute atomic E-state index is 5.72. The van der Waals surface area contributed by atoms with E-state index in [2.05, 4.69) is 29.1 Å². The predicted octanol–water partition coefficient (Wildman–Crippen LogP) is 3.03.